The summed E-state index contributed by atoms with van der Waals surface area (Å²) >= 11 is 0. The minimum absolute atomic E-state index is 0.235. The number of aliphatic hydroxyl groups excluding tert-OH is 1. The second kappa shape index (κ2) is 6.68. The molecule has 0 saturated carbocycles. The van der Waals surface area contributed by atoms with Gasteiger partial charge >= 0.3 is 5.97 Å². The number of hydrogen-bond acceptors (Lipinski definition) is 3. The number of hydrogen-bond donors (Lipinski definition) is 2. The third-order valence-corrected chi connectivity index (χ3v) is 3.81. The molecule has 0 radical (unpaired) electrons. The number of β-amino-alcohol motifs (C(OH)–C–C–N with tert-alkyl or cyclic N) is 1. The Kier molecular flexibility index (Phi) is 4.93. The first-order valence-electron chi connectivity index (χ1n) is 6.95. The van der Waals surface area contributed by atoms with Gasteiger partial charge in [-0.1, -0.05) is 31.2 Å². The van der Waals surface area contributed by atoms with E-state index in [9.17, 15) is 9.90 Å². The Morgan fingerprint density at radius 2 is 2.10 bits per heavy atom. The molecule has 1 aromatic rings. The zero-order valence-electron chi connectivity index (χ0n) is 11.7. The predicted molar refractivity (Wildman–Crippen MR) is 78.2 cm³/mol. The van der Waals surface area contributed by atoms with Gasteiger partial charge in [0.2, 0.25) is 0 Å². The molecule has 108 valence electrons. The first-order chi connectivity index (χ1) is 9.54. The number of aliphatic hydroxyl groups is 1. The summed E-state index contributed by atoms with van der Waals surface area (Å²) in [7, 11) is 0. The standard InChI is InChI=1S/C16H21NO3/c1-12-8-9-17(11-15(12)18)10-14-4-2-13(3-5-14)6-7-16(19)20/h2-7,12,15,18H,8-11H2,1H3,(H,19,20)/b7-6+. The van der Waals surface area contributed by atoms with Crippen molar-refractivity contribution in [2.45, 2.75) is 26.0 Å². The van der Waals surface area contributed by atoms with Crippen LogP contribution in [0, 0.1) is 5.92 Å². The lowest BCUT2D eigenvalue weighted by molar-refractivity contribution is -0.131. The third kappa shape index (κ3) is 4.18. The summed E-state index contributed by atoms with van der Waals surface area (Å²) in [5, 5.41) is 18.5. The van der Waals surface area contributed by atoms with Gasteiger partial charge in [-0.05, 0) is 36.1 Å². The van der Waals surface area contributed by atoms with Crippen LogP contribution in [0.1, 0.15) is 24.5 Å². The van der Waals surface area contributed by atoms with Gasteiger partial charge in [0, 0.05) is 19.2 Å². The molecule has 1 aliphatic rings. The molecule has 20 heavy (non-hydrogen) atoms. The highest BCUT2D eigenvalue weighted by Gasteiger charge is 2.23. The van der Waals surface area contributed by atoms with Gasteiger partial charge < -0.3 is 10.2 Å². The van der Waals surface area contributed by atoms with Crippen LogP contribution in [0.15, 0.2) is 30.3 Å². The van der Waals surface area contributed by atoms with Crippen molar-refractivity contribution in [2.24, 2.45) is 5.92 Å². The van der Waals surface area contributed by atoms with E-state index in [1.54, 1.807) is 6.08 Å². The largest absolute Gasteiger partial charge is 0.478 e. The van der Waals surface area contributed by atoms with Crippen LogP contribution in [0.2, 0.25) is 0 Å². The molecule has 1 saturated heterocycles. The molecule has 2 rings (SSSR count). The number of nitrogens with zero attached hydrogens (tertiary/aromatic N) is 1. The summed E-state index contributed by atoms with van der Waals surface area (Å²) in [4.78, 5) is 12.7. The van der Waals surface area contributed by atoms with Gasteiger partial charge in [-0.25, -0.2) is 4.79 Å². The second-order valence-electron chi connectivity index (χ2n) is 5.48. The number of carbonyl (C=O) groups is 1. The lowest BCUT2D eigenvalue weighted by Gasteiger charge is -2.34. The number of benzene rings is 1. The van der Waals surface area contributed by atoms with Gasteiger partial charge in [-0.2, -0.15) is 0 Å². The minimum Gasteiger partial charge on any atom is -0.478 e. The number of carboxylic acid groups (broad SMARTS) is 1. The molecule has 2 unspecified atom stereocenters. The van der Waals surface area contributed by atoms with E-state index in [4.69, 9.17) is 5.11 Å². The van der Waals surface area contributed by atoms with E-state index < -0.39 is 5.97 Å². The van der Waals surface area contributed by atoms with E-state index in [1.807, 2.05) is 24.3 Å². The van der Waals surface area contributed by atoms with Crippen molar-refractivity contribution < 1.29 is 15.0 Å². The maximum Gasteiger partial charge on any atom is 0.328 e. The Morgan fingerprint density at radius 3 is 2.70 bits per heavy atom. The van der Waals surface area contributed by atoms with Crippen molar-refractivity contribution in [1.29, 1.82) is 0 Å². The summed E-state index contributed by atoms with van der Waals surface area (Å²) in [5.41, 5.74) is 2.06. The summed E-state index contributed by atoms with van der Waals surface area (Å²) in [6, 6.07) is 7.84. The molecule has 0 aliphatic carbocycles. The van der Waals surface area contributed by atoms with Crippen LogP contribution < -0.4 is 0 Å². The molecular formula is C16H21NO3. The van der Waals surface area contributed by atoms with Crippen LogP contribution in [-0.2, 0) is 11.3 Å². The number of rotatable bonds is 4. The molecule has 1 fully saturated rings. The van der Waals surface area contributed by atoms with Crippen molar-refractivity contribution in [3.63, 3.8) is 0 Å². The molecule has 2 atom stereocenters. The lowest BCUT2D eigenvalue weighted by atomic mass is 9.95. The number of piperidine rings is 1. The second-order valence-corrected chi connectivity index (χ2v) is 5.48. The van der Waals surface area contributed by atoms with Crippen molar-refractivity contribution in [1.82, 2.24) is 4.90 Å². The van der Waals surface area contributed by atoms with E-state index in [1.165, 1.54) is 5.56 Å². The Balaban J connectivity index is 1.92. The first kappa shape index (κ1) is 14.8. The third-order valence-electron chi connectivity index (χ3n) is 3.81. The highest BCUT2D eigenvalue weighted by molar-refractivity contribution is 5.85. The molecule has 4 nitrogen and oxygen atoms in total. The van der Waals surface area contributed by atoms with E-state index in [0.717, 1.165) is 37.7 Å². The van der Waals surface area contributed by atoms with Crippen molar-refractivity contribution in [3.8, 4) is 0 Å². The van der Waals surface area contributed by atoms with Gasteiger partial charge in [0.05, 0.1) is 6.10 Å². The molecule has 0 aromatic heterocycles. The quantitative estimate of drug-likeness (QED) is 0.825. The van der Waals surface area contributed by atoms with E-state index in [-0.39, 0.29) is 6.10 Å². The fourth-order valence-electron chi connectivity index (χ4n) is 2.42. The topological polar surface area (TPSA) is 60.8 Å². The van der Waals surface area contributed by atoms with E-state index >= 15 is 0 Å². The fraction of sp³-hybridized carbons (Fsp3) is 0.438. The molecule has 0 spiro atoms. The highest BCUT2D eigenvalue weighted by Crippen LogP contribution is 2.19. The Labute approximate surface area is 119 Å². The van der Waals surface area contributed by atoms with Crippen LogP contribution in [0.5, 0.6) is 0 Å². The first-order valence-corrected chi connectivity index (χ1v) is 6.95. The maximum absolute atomic E-state index is 10.4. The molecular weight excluding hydrogens is 254 g/mol. The monoisotopic (exact) mass is 275 g/mol. The van der Waals surface area contributed by atoms with Crippen molar-refractivity contribution >= 4 is 12.0 Å². The van der Waals surface area contributed by atoms with Gasteiger partial charge in [0.15, 0.2) is 0 Å². The van der Waals surface area contributed by atoms with Crippen LogP contribution in [0.25, 0.3) is 6.08 Å². The van der Waals surface area contributed by atoms with Crippen molar-refractivity contribution in [3.05, 3.63) is 41.5 Å². The van der Waals surface area contributed by atoms with Crippen LogP contribution in [0.3, 0.4) is 0 Å². The van der Waals surface area contributed by atoms with Gasteiger partial charge in [0.1, 0.15) is 0 Å². The smallest absolute Gasteiger partial charge is 0.328 e. The summed E-state index contributed by atoms with van der Waals surface area (Å²) < 4.78 is 0. The van der Waals surface area contributed by atoms with Gasteiger partial charge in [-0.15, -0.1) is 0 Å². The van der Waals surface area contributed by atoms with Crippen LogP contribution >= 0.6 is 0 Å². The molecule has 1 aliphatic heterocycles. The SMILES string of the molecule is CC1CCN(Cc2ccc(/C=C/C(=O)O)cc2)CC1O. The van der Waals surface area contributed by atoms with E-state index in [2.05, 4.69) is 11.8 Å². The number of carboxylic acids is 1. The summed E-state index contributed by atoms with van der Waals surface area (Å²) in [6.07, 6.45) is 3.51. The number of aliphatic carboxylic acids is 1. The van der Waals surface area contributed by atoms with Gasteiger partial charge in [-0.3, -0.25) is 4.90 Å². The Morgan fingerprint density at radius 1 is 1.40 bits per heavy atom. The molecule has 4 heteroatoms. The zero-order chi connectivity index (χ0) is 14.5. The Bertz CT molecular complexity index is 481. The highest BCUT2D eigenvalue weighted by atomic mass is 16.4. The molecule has 2 N–H and O–H groups in total. The predicted octanol–water partition coefficient (Wildman–Crippen LogP) is 1.99. The zero-order valence-corrected chi connectivity index (χ0v) is 11.7. The van der Waals surface area contributed by atoms with Crippen LogP contribution in [0.4, 0.5) is 0 Å². The fourth-order valence-corrected chi connectivity index (χ4v) is 2.42. The average molecular weight is 275 g/mol. The molecule has 1 aromatic carbocycles. The maximum atomic E-state index is 10.4. The summed E-state index contributed by atoms with van der Waals surface area (Å²) in [5.74, 6) is -0.555. The van der Waals surface area contributed by atoms with Crippen molar-refractivity contribution in [2.75, 3.05) is 13.1 Å². The Hall–Kier alpha value is -1.65. The lowest BCUT2D eigenvalue weighted by Crippen LogP contribution is -2.42. The average Bonchev–Trinajstić information content (AvgIpc) is 2.42. The normalized spacial score (nSPS) is 24.1. The molecule has 0 bridgehead atoms. The van der Waals surface area contributed by atoms with Crippen LogP contribution in [-0.4, -0.2) is 40.3 Å². The summed E-state index contributed by atoms with van der Waals surface area (Å²) in [6.45, 7) is 4.65. The number of likely N-dealkylation sites (tertiary alicyclic amines) is 1. The van der Waals surface area contributed by atoms with Gasteiger partial charge in [0.25, 0.3) is 0 Å². The molecule has 0 amide bonds. The van der Waals surface area contributed by atoms with E-state index in [0.29, 0.717) is 5.92 Å². The minimum atomic E-state index is -0.939. The molecule has 1 heterocycles.